The SMILES string of the molecule is CC(/C=C/c1ccccc1)C(C#N)(C#N)CC=Cc1ccccc1. The van der Waals surface area contributed by atoms with Gasteiger partial charge in [0.25, 0.3) is 0 Å². The van der Waals surface area contributed by atoms with Crippen molar-refractivity contribution in [2.75, 3.05) is 0 Å². The van der Waals surface area contributed by atoms with Gasteiger partial charge in [0.2, 0.25) is 0 Å². The number of allylic oxidation sites excluding steroid dienone is 2. The molecule has 0 aromatic heterocycles. The molecule has 0 fully saturated rings. The standard InChI is InChI=1S/C22H20N2/c1-19(14-15-21-11-6-3-7-12-21)22(17-23,18-24)16-8-13-20-9-4-2-5-10-20/h2-15,19H,16H2,1H3/b13-8?,15-14+. The van der Waals surface area contributed by atoms with Crippen molar-refractivity contribution in [3.63, 3.8) is 0 Å². The highest BCUT2D eigenvalue weighted by Crippen LogP contribution is 2.32. The molecule has 2 rings (SSSR count). The van der Waals surface area contributed by atoms with Gasteiger partial charge in [-0.1, -0.05) is 91.9 Å². The van der Waals surface area contributed by atoms with Crippen LogP contribution in [0.3, 0.4) is 0 Å². The van der Waals surface area contributed by atoms with Crippen LogP contribution in [0.25, 0.3) is 12.2 Å². The number of nitriles is 2. The van der Waals surface area contributed by atoms with E-state index in [0.29, 0.717) is 6.42 Å². The van der Waals surface area contributed by atoms with Crippen molar-refractivity contribution >= 4 is 12.2 Å². The summed E-state index contributed by atoms with van der Waals surface area (Å²) < 4.78 is 0. The summed E-state index contributed by atoms with van der Waals surface area (Å²) in [4.78, 5) is 0. The third-order valence-electron chi connectivity index (χ3n) is 4.10. The minimum Gasteiger partial charge on any atom is -0.197 e. The number of benzene rings is 2. The molecule has 0 bridgehead atoms. The van der Waals surface area contributed by atoms with Crippen LogP contribution in [0.4, 0.5) is 0 Å². The Balaban J connectivity index is 2.12. The van der Waals surface area contributed by atoms with E-state index in [-0.39, 0.29) is 5.92 Å². The summed E-state index contributed by atoms with van der Waals surface area (Å²) in [7, 11) is 0. The second kappa shape index (κ2) is 8.51. The van der Waals surface area contributed by atoms with E-state index >= 15 is 0 Å². The molecule has 2 nitrogen and oxygen atoms in total. The van der Waals surface area contributed by atoms with E-state index in [9.17, 15) is 10.5 Å². The maximum Gasteiger partial charge on any atom is 0.153 e. The van der Waals surface area contributed by atoms with Crippen LogP contribution in [0.15, 0.2) is 72.8 Å². The van der Waals surface area contributed by atoms with Crippen LogP contribution in [0.5, 0.6) is 0 Å². The lowest BCUT2D eigenvalue weighted by atomic mass is 9.75. The van der Waals surface area contributed by atoms with Gasteiger partial charge in [0, 0.05) is 5.92 Å². The first-order chi connectivity index (χ1) is 11.7. The molecule has 1 atom stereocenters. The van der Waals surface area contributed by atoms with Gasteiger partial charge in [0.1, 0.15) is 0 Å². The van der Waals surface area contributed by atoms with Crippen molar-refractivity contribution in [1.82, 2.24) is 0 Å². The predicted molar refractivity (Wildman–Crippen MR) is 98.4 cm³/mol. The summed E-state index contributed by atoms with van der Waals surface area (Å²) in [5, 5.41) is 19.2. The molecule has 0 saturated heterocycles. The highest BCUT2D eigenvalue weighted by molar-refractivity contribution is 5.51. The van der Waals surface area contributed by atoms with E-state index in [2.05, 4.69) is 12.1 Å². The lowest BCUT2D eigenvalue weighted by Crippen LogP contribution is -2.23. The molecule has 118 valence electrons. The smallest absolute Gasteiger partial charge is 0.153 e. The fourth-order valence-corrected chi connectivity index (χ4v) is 2.43. The van der Waals surface area contributed by atoms with Gasteiger partial charge in [-0.15, -0.1) is 0 Å². The molecule has 0 aliphatic carbocycles. The molecule has 0 aliphatic rings. The zero-order valence-corrected chi connectivity index (χ0v) is 13.8. The summed E-state index contributed by atoms with van der Waals surface area (Å²) >= 11 is 0. The molecule has 1 unspecified atom stereocenters. The van der Waals surface area contributed by atoms with E-state index in [4.69, 9.17) is 0 Å². The molecule has 0 saturated carbocycles. The Kier molecular flexibility index (Phi) is 6.12. The van der Waals surface area contributed by atoms with Crippen LogP contribution in [0, 0.1) is 34.0 Å². The molecule has 0 radical (unpaired) electrons. The zero-order chi connectivity index (χ0) is 17.3. The molecule has 2 aromatic rings. The molecule has 0 aliphatic heterocycles. The molecule has 2 heteroatoms. The van der Waals surface area contributed by atoms with Crippen LogP contribution in [0.1, 0.15) is 24.5 Å². The topological polar surface area (TPSA) is 47.6 Å². The first-order valence-corrected chi connectivity index (χ1v) is 7.97. The minimum atomic E-state index is -1.06. The summed E-state index contributed by atoms with van der Waals surface area (Å²) in [6, 6.07) is 24.2. The average Bonchev–Trinajstić information content (AvgIpc) is 2.65. The molecule has 24 heavy (non-hydrogen) atoms. The second-order valence-electron chi connectivity index (χ2n) is 5.77. The maximum atomic E-state index is 9.60. The Bertz CT molecular complexity index is 760. The van der Waals surface area contributed by atoms with Gasteiger partial charge in [0.15, 0.2) is 5.41 Å². The van der Waals surface area contributed by atoms with Crippen molar-refractivity contribution in [2.24, 2.45) is 11.3 Å². The van der Waals surface area contributed by atoms with Gasteiger partial charge in [-0.2, -0.15) is 10.5 Å². The van der Waals surface area contributed by atoms with E-state index in [1.165, 1.54) is 0 Å². The van der Waals surface area contributed by atoms with Gasteiger partial charge in [-0.3, -0.25) is 0 Å². The highest BCUT2D eigenvalue weighted by Gasteiger charge is 2.34. The largest absolute Gasteiger partial charge is 0.197 e. The van der Waals surface area contributed by atoms with Gasteiger partial charge in [-0.05, 0) is 17.5 Å². The molecule has 2 aromatic carbocycles. The monoisotopic (exact) mass is 312 g/mol. The number of nitrogens with zero attached hydrogens (tertiary/aromatic N) is 2. The molecule has 0 heterocycles. The third kappa shape index (κ3) is 4.45. The Hall–Kier alpha value is -3.10. The molecular weight excluding hydrogens is 292 g/mol. The lowest BCUT2D eigenvalue weighted by molar-refractivity contribution is 0.413. The Morgan fingerprint density at radius 2 is 1.38 bits per heavy atom. The summed E-state index contributed by atoms with van der Waals surface area (Å²) in [5.41, 5.74) is 1.07. The van der Waals surface area contributed by atoms with Crippen LogP contribution in [-0.2, 0) is 0 Å². The van der Waals surface area contributed by atoms with Crippen LogP contribution >= 0.6 is 0 Å². The van der Waals surface area contributed by atoms with E-state index in [1.54, 1.807) is 0 Å². The second-order valence-corrected chi connectivity index (χ2v) is 5.77. The normalized spacial score (nSPS) is 12.8. The fraction of sp³-hybridized carbons (Fsp3) is 0.182. The quantitative estimate of drug-likeness (QED) is 0.709. The van der Waals surface area contributed by atoms with Crippen molar-refractivity contribution in [3.05, 3.63) is 83.9 Å². The zero-order valence-electron chi connectivity index (χ0n) is 13.8. The van der Waals surface area contributed by atoms with Gasteiger partial charge in [0.05, 0.1) is 12.1 Å². The maximum absolute atomic E-state index is 9.60. The van der Waals surface area contributed by atoms with Crippen LogP contribution in [0.2, 0.25) is 0 Å². The highest BCUT2D eigenvalue weighted by atomic mass is 14.4. The first-order valence-electron chi connectivity index (χ1n) is 7.97. The summed E-state index contributed by atoms with van der Waals surface area (Å²) in [6.45, 7) is 1.92. The van der Waals surface area contributed by atoms with Crippen LogP contribution in [-0.4, -0.2) is 0 Å². The average molecular weight is 312 g/mol. The van der Waals surface area contributed by atoms with Gasteiger partial charge in [-0.25, -0.2) is 0 Å². The van der Waals surface area contributed by atoms with Gasteiger partial charge >= 0.3 is 0 Å². The van der Waals surface area contributed by atoms with Crippen LogP contribution < -0.4 is 0 Å². The molecular formula is C22H20N2. The van der Waals surface area contributed by atoms with E-state index in [0.717, 1.165) is 11.1 Å². The lowest BCUT2D eigenvalue weighted by Gasteiger charge is -2.22. The summed E-state index contributed by atoms with van der Waals surface area (Å²) in [5.74, 6) is -0.173. The van der Waals surface area contributed by atoms with Gasteiger partial charge < -0.3 is 0 Å². The van der Waals surface area contributed by atoms with E-state index < -0.39 is 5.41 Å². The Labute approximate surface area is 144 Å². The van der Waals surface area contributed by atoms with Crippen molar-refractivity contribution in [3.8, 4) is 12.1 Å². The third-order valence-corrected chi connectivity index (χ3v) is 4.10. The first kappa shape index (κ1) is 17.3. The Morgan fingerprint density at radius 3 is 1.88 bits per heavy atom. The molecule has 0 amide bonds. The number of rotatable bonds is 6. The number of hydrogen-bond donors (Lipinski definition) is 0. The fourth-order valence-electron chi connectivity index (χ4n) is 2.43. The minimum absolute atomic E-state index is 0.173. The summed E-state index contributed by atoms with van der Waals surface area (Å²) in [6.07, 6.45) is 8.17. The molecule has 0 spiro atoms. The van der Waals surface area contributed by atoms with Crippen molar-refractivity contribution < 1.29 is 0 Å². The van der Waals surface area contributed by atoms with E-state index in [1.807, 2.05) is 91.9 Å². The number of hydrogen-bond acceptors (Lipinski definition) is 2. The molecule has 0 N–H and O–H groups in total. The van der Waals surface area contributed by atoms with Crippen molar-refractivity contribution in [2.45, 2.75) is 13.3 Å². The van der Waals surface area contributed by atoms with Crippen molar-refractivity contribution in [1.29, 1.82) is 10.5 Å². The Morgan fingerprint density at radius 1 is 0.875 bits per heavy atom. The predicted octanol–water partition coefficient (Wildman–Crippen LogP) is 5.47.